The summed E-state index contributed by atoms with van der Waals surface area (Å²) < 4.78 is 10.7. The van der Waals surface area contributed by atoms with Crippen LogP contribution in [-0.4, -0.2) is 33.1 Å². The maximum absolute atomic E-state index is 12.4. The first-order valence-electron chi connectivity index (χ1n) is 8.28. The standard InChI is InChI=1S/C19H13ClN4O4S/c1-27-13-8-9-21-15(16(13)25)17(26)24-19-22-11-6-7-14(23-18(11)29-19)28-12-5-3-2-4-10(12)20/h2-9,25H,1H3,(H,22,24,26). The van der Waals surface area contributed by atoms with E-state index in [1.165, 1.54) is 19.4 Å². The first-order valence-corrected chi connectivity index (χ1v) is 9.48. The van der Waals surface area contributed by atoms with E-state index in [0.717, 1.165) is 11.3 Å². The average molecular weight is 429 g/mol. The van der Waals surface area contributed by atoms with Crippen LogP contribution in [0.5, 0.6) is 23.1 Å². The van der Waals surface area contributed by atoms with Crippen LogP contribution in [0.1, 0.15) is 10.5 Å². The van der Waals surface area contributed by atoms with Crippen LogP contribution in [0.2, 0.25) is 5.02 Å². The second kappa shape index (κ2) is 7.90. The van der Waals surface area contributed by atoms with Crippen molar-refractivity contribution in [3.63, 3.8) is 0 Å². The number of halogens is 1. The second-order valence-electron chi connectivity index (χ2n) is 5.69. The fourth-order valence-electron chi connectivity index (χ4n) is 2.47. The monoisotopic (exact) mass is 428 g/mol. The third-order valence-electron chi connectivity index (χ3n) is 3.82. The number of pyridine rings is 2. The van der Waals surface area contributed by atoms with Crippen LogP contribution >= 0.6 is 22.9 Å². The zero-order valence-electron chi connectivity index (χ0n) is 14.9. The number of fused-ring (bicyclic) bond motifs is 1. The molecule has 4 rings (SSSR count). The van der Waals surface area contributed by atoms with Crippen molar-refractivity contribution in [2.24, 2.45) is 0 Å². The summed E-state index contributed by atoms with van der Waals surface area (Å²) in [4.78, 5) is 25.6. The van der Waals surface area contributed by atoms with Gasteiger partial charge in [-0.3, -0.25) is 10.1 Å². The van der Waals surface area contributed by atoms with Gasteiger partial charge in [0.25, 0.3) is 5.91 Å². The van der Waals surface area contributed by atoms with Crippen LogP contribution in [0.3, 0.4) is 0 Å². The number of aromatic nitrogens is 3. The molecule has 0 spiro atoms. The van der Waals surface area contributed by atoms with Crippen molar-refractivity contribution in [2.75, 3.05) is 12.4 Å². The molecular weight excluding hydrogens is 416 g/mol. The maximum Gasteiger partial charge on any atom is 0.280 e. The summed E-state index contributed by atoms with van der Waals surface area (Å²) in [5.41, 5.74) is 0.416. The molecule has 8 nitrogen and oxygen atoms in total. The molecule has 0 atom stereocenters. The van der Waals surface area contributed by atoms with Crippen molar-refractivity contribution < 1.29 is 19.4 Å². The van der Waals surface area contributed by atoms with Gasteiger partial charge in [0.05, 0.1) is 12.1 Å². The minimum atomic E-state index is -0.618. The number of hydrogen-bond donors (Lipinski definition) is 2. The zero-order chi connectivity index (χ0) is 20.4. The van der Waals surface area contributed by atoms with Gasteiger partial charge in [0.2, 0.25) is 5.88 Å². The number of aromatic hydroxyl groups is 1. The molecule has 0 aliphatic heterocycles. The van der Waals surface area contributed by atoms with Crippen LogP contribution < -0.4 is 14.8 Å². The van der Waals surface area contributed by atoms with Crippen molar-refractivity contribution in [3.05, 3.63) is 59.4 Å². The van der Waals surface area contributed by atoms with Gasteiger partial charge >= 0.3 is 0 Å². The van der Waals surface area contributed by atoms with Crippen LogP contribution in [0, 0.1) is 0 Å². The third-order valence-corrected chi connectivity index (χ3v) is 5.02. The van der Waals surface area contributed by atoms with Gasteiger partial charge in [0.15, 0.2) is 22.3 Å². The van der Waals surface area contributed by atoms with E-state index in [4.69, 9.17) is 21.1 Å². The van der Waals surface area contributed by atoms with Crippen LogP contribution in [0.15, 0.2) is 48.7 Å². The van der Waals surface area contributed by atoms with Gasteiger partial charge in [-0.15, -0.1) is 0 Å². The number of thiazole rings is 1. The molecule has 3 heterocycles. The van der Waals surface area contributed by atoms with Crippen molar-refractivity contribution in [1.29, 1.82) is 0 Å². The molecule has 0 aliphatic carbocycles. The Balaban J connectivity index is 1.56. The fourth-order valence-corrected chi connectivity index (χ4v) is 3.47. The van der Waals surface area contributed by atoms with Crippen molar-refractivity contribution in [1.82, 2.24) is 15.0 Å². The predicted molar refractivity (Wildman–Crippen MR) is 109 cm³/mol. The number of hydrogen-bond acceptors (Lipinski definition) is 8. The number of para-hydroxylation sites is 1. The molecule has 4 aromatic rings. The fraction of sp³-hybridized carbons (Fsp3) is 0.0526. The highest BCUT2D eigenvalue weighted by molar-refractivity contribution is 7.22. The minimum absolute atomic E-state index is 0.150. The van der Waals surface area contributed by atoms with Gasteiger partial charge in [0.1, 0.15) is 16.1 Å². The van der Waals surface area contributed by atoms with Gasteiger partial charge in [0, 0.05) is 18.3 Å². The second-order valence-corrected chi connectivity index (χ2v) is 7.07. The number of anilines is 1. The highest BCUT2D eigenvalue weighted by atomic mass is 35.5. The molecule has 0 radical (unpaired) electrons. The van der Waals surface area contributed by atoms with Crippen molar-refractivity contribution in [3.8, 4) is 23.1 Å². The Morgan fingerprint density at radius 1 is 1.14 bits per heavy atom. The Hall–Kier alpha value is -3.43. The molecule has 0 fully saturated rings. The van der Waals surface area contributed by atoms with Crippen LogP contribution in [0.4, 0.5) is 5.13 Å². The number of methoxy groups -OCH3 is 1. The van der Waals surface area contributed by atoms with Gasteiger partial charge in [-0.1, -0.05) is 35.1 Å². The molecule has 146 valence electrons. The predicted octanol–water partition coefficient (Wildman–Crippen LogP) is 4.50. The number of amides is 1. The molecule has 3 aromatic heterocycles. The van der Waals surface area contributed by atoms with Gasteiger partial charge in [-0.25, -0.2) is 15.0 Å². The topological polar surface area (TPSA) is 106 Å². The minimum Gasteiger partial charge on any atom is -0.503 e. The molecule has 29 heavy (non-hydrogen) atoms. The van der Waals surface area contributed by atoms with Gasteiger partial charge in [-0.05, 0) is 18.2 Å². The largest absolute Gasteiger partial charge is 0.503 e. The highest BCUT2D eigenvalue weighted by Crippen LogP contribution is 2.32. The third kappa shape index (κ3) is 3.91. The van der Waals surface area contributed by atoms with E-state index < -0.39 is 5.91 Å². The van der Waals surface area contributed by atoms with E-state index in [1.54, 1.807) is 30.3 Å². The lowest BCUT2D eigenvalue weighted by Gasteiger charge is -2.06. The van der Waals surface area contributed by atoms with Crippen molar-refractivity contribution >= 4 is 44.3 Å². The molecule has 1 amide bonds. The first kappa shape index (κ1) is 18.9. The molecule has 1 aromatic carbocycles. The zero-order valence-corrected chi connectivity index (χ0v) is 16.5. The summed E-state index contributed by atoms with van der Waals surface area (Å²) in [5.74, 6) is 0.0190. The van der Waals surface area contributed by atoms with Crippen LogP contribution in [-0.2, 0) is 0 Å². The Morgan fingerprint density at radius 3 is 2.76 bits per heavy atom. The number of rotatable bonds is 5. The van der Waals surface area contributed by atoms with E-state index >= 15 is 0 Å². The lowest BCUT2D eigenvalue weighted by molar-refractivity contribution is 0.101. The van der Waals surface area contributed by atoms with Crippen LogP contribution in [0.25, 0.3) is 10.3 Å². The average Bonchev–Trinajstić information content (AvgIpc) is 3.11. The summed E-state index contributed by atoms with van der Waals surface area (Å²) >= 11 is 7.26. The molecule has 10 heteroatoms. The summed E-state index contributed by atoms with van der Waals surface area (Å²) in [5, 5.41) is 13.4. The molecule has 0 saturated carbocycles. The lowest BCUT2D eigenvalue weighted by atomic mass is 10.3. The Bertz CT molecular complexity index is 1210. The Morgan fingerprint density at radius 2 is 1.97 bits per heavy atom. The highest BCUT2D eigenvalue weighted by Gasteiger charge is 2.18. The first-order chi connectivity index (χ1) is 14.0. The molecule has 0 saturated heterocycles. The summed E-state index contributed by atoms with van der Waals surface area (Å²) in [6, 6.07) is 11.9. The Kier molecular flexibility index (Phi) is 5.15. The number of nitrogens with one attached hydrogen (secondary N) is 1. The SMILES string of the molecule is COc1ccnc(C(=O)Nc2nc3ccc(Oc4ccccc4Cl)nc3s2)c1O. The van der Waals surface area contributed by atoms with E-state index in [-0.39, 0.29) is 17.2 Å². The maximum atomic E-state index is 12.4. The van der Waals surface area contributed by atoms with E-state index in [9.17, 15) is 9.90 Å². The van der Waals surface area contributed by atoms with Crippen molar-refractivity contribution in [2.45, 2.75) is 0 Å². The number of carbonyl (C=O) groups is 1. The number of nitrogens with zero attached hydrogens (tertiary/aromatic N) is 3. The van der Waals surface area contributed by atoms with E-state index in [1.807, 2.05) is 6.07 Å². The summed E-state index contributed by atoms with van der Waals surface area (Å²) in [6.07, 6.45) is 1.37. The Labute approximate surface area is 173 Å². The molecule has 0 aliphatic rings. The number of ether oxygens (including phenoxy) is 2. The molecular formula is C19H13ClN4O4S. The summed E-state index contributed by atoms with van der Waals surface area (Å²) in [6.45, 7) is 0. The van der Waals surface area contributed by atoms with Gasteiger partial charge < -0.3 is 14.6 Å². The number of carbonyl (C=O) groups excluding carboxylic acids is 1. The molecule has 0 unspecified atom stereocenters. The normalized spacial score (nSPS) is 10.7. The van der Waals surface area contributed by atoms with Gasteiger partial charge in [-0.2, -0.15) is 0 Å². The molecule has 2 N–H and O–H groups in total. The molecule has 0 bridgehead atoms. The lowest BCUT2D eigenvalue weighted by Crippen LogP contribution is -2.13. The number of benzene rings is 1. The van der Waals surface area contributed by atoms with E-state index in [2.05, 4.69) is 20.3 Å². The smallest absolute Gasteiger partial charge is 0.280 e. The summed E-state index contributed by atoms with van der Waals surface area (Å²) in [7, 11) is 1.39. The quantitative estimate of drug-likeness (QED) is 0.482. The van der Waals surface area contributed by atoms with E-state index in [0.29, 0.717) is 32.1 Å².